The molecule has 0 radical (unpaired) electrons. The lowest BCUT2D eigenvalue weighted by Crippen LogP contribution is -2.06. The highest BCUT2D eigenvalue weighted by atomic mass is 19.1. The van der Waals surface area contributed by atoms with Gasteiger partial charge in [0.05, 0.1) is 12.6 Å². The number of pyridine rings is 1. The number of imidazole rings is 1. The molecule has 1 aromatic carbocycles. The van der Waals surface area contributed by atoms with Crippen molar-refractivity contribution in [1.82, 2.24) is 29.1 Å². The van der Waals surface area contributed by atoms with Gasteiger partial charge in [-0.25, -0.2) is 23.3 Å². The second-order valence-corrected chi connectivity index (χ2v) is 6.91. The van der Waals surface area contributed by atoms with Crippen molar-refractivity contribution in [2.45, 2.75) is 13.2 Å². The monoisotopic (exact) mass is 422 g/mol. The minimum atomic E-state index is -0.670. The van der Waals surface area contributed by atoms with Gasteiger partial charge in [-0.05, 0) is 29.8 Å². The Morgan fingerprint density at radius 1 is 1.10 bits per heavy atom. The SMILES string of the molecule is COc1ncnn2ccc(-c3cnc4nc(CO)n(Cc5cc(F)cc(F)c5)c4c3)c12. The van der Waals surface area contributed by atoms with Crippen LogP contribution in [0, 0.1) is 11.6 Å². The van der Waals surface area contributed by atoms with Crippen LogP contribution < -0.4 is 4.74 Å². The van der Waals surface area contributed by atoms with E-state index in [0.29, 0.717) is 33.9 Å². The van der Waals surface area contributed by atoms with Crippen LogP contribution in [0.2, 0.25) is 0 Å². The molecule has 10 heteroatoms. The number of aliphatic hydroxyl groups is 1. The molecule has 0 aliphatic carbocycles. The standard InChI is InChI=1S/C21H16F2N6O2/c1-31-21-19-16(2-3-29(19)26-11-25-21)13-6-17-20(24-8-13)27-18(10-30)28(17)9-12-4-14(22)7-15(23)5-12/h2-8,11,30H,9-10H2,1H3. The molecule has 0 saturated heterocycles. The summed E-state index contributed by atoms with van der Waals surface area (Å²) in [4.78, 5) is 12.9. The number of rotatable bonds is 5. The Hall–Kier alpha value is -3.92. The van der Waals surface area contributed by atoms with Gasteiger partial charge >= 0.3 is 0 Å². The van der Waals surface area contributed by atoms with Crippen LogP contribution in [0.25, 0.3) is 27.8 Å². The van der Waals surface area contributed by atoms with Gasteiger partial charge in [0.1, 0.15) is 35.9 Å². The molecule has 4 aromatic heterocycles. The summed E-state index contributed by atoms with van der Waals surface area (Å²) in [6.45, 7) is -0.227. The number of ether oxygens (including phenoxy) is 1. The summed E-state index contributed by atoms with van der Waals surface area (Å²) in [6.07, 6.45) is 4.84. The maximum absolute atomic E-state index is 13.7. The van der Waals surface area contributed by atoms with E-state index in [1.807, 2.05) is 12.1 Å². The number of benzene rings is 1. The third-order valence-corrected chi connectivity index (χ3v) is 5.01. The van der Waals surface area contributed by atoms with Crippen LogP contribution >= 0.6 is 0 Å². The van der Waals surface area contributed by atoms with Crippen molar-refractivity contribution in [3.63, 3.8) is 0 Å². The molecule has 0 unspecified atom stereocenters. The molecule has 0 atom stereocenters. The quantitative estimate of drug-likeness (QED) is 0.468. The molecule has 5 rings (SSSR count). The first-order chi connectivity index (χ1) is 15.1. The third kappa shape index (κ3) is 3.26. The van der Waals surface area contributed by atoms with Gasteiger partial charge in [-0.15, -0.1) is 0 Å². The van der Waals surface area contributed by atoms with Crippen molar-refractivity contribution >= 4 is 16.7 Å². The van der Waals surface area contributed by atoms with Crippen molar-refractivity contribution in [2.75, 3.05) is 7.11 Å². The van der Waals surface area contributed by atoms with Gasteiger partial charge in [0.25, 0.3) is 0 Å². The van der Waals surface area contributed by atoms with Crippen LogP contribution in [-0.2, 0) is 13.2 Å². The van der Waals surface area contributed by atoms with Gasteiger partial charge in [0.15, 0.2) is 5.65 Å². The lowest BCUT2D eigenvalue weighted by molar-refractivity contribution is 0.267. The lowest BCUT2D eigenvalue weighted by Gasteiger charge is -2.09. The molecular weight excluding hydrogens is 406 g/mol. The number of fused-ring (bicyclic) bond motifs is 2. The zero-order chi connectivity index (χ0) is 21.5. The third-order valence-electron chi connectivity index (χ3n) is 5.01. The zero-order valence-corrected chi connectivity index (χ0v) is 16.3. The minimum Gasteiger partial charge on any atom is -0.479 e. The highest BCUT2D eigenvalue weighted by Crippen LogP contribution is 2.31. The fraction of sp³-hybridized carbons (Fsp3) is 0.143. The molecule has 156 valence electrons. The lowest BCUT2D eigenvalue weighted by atomic mass is 10.1. The first-order valence-electron chi connectivity index (χ1n) is 9.35. The Morgan fingerprint density at radius 2 is 1.90 bits per heavy atom. The van der Waals surface area contributed by atoms with E-state index in [4.69, 9.17) is 4.74 Å². The molecule has 0 aliphatic rings. The number of hydrogen-bond donors (Lipinski definition) is 1. The van der Waals surface area contributed by atoms with Gasteiger partial charge in [-0.2, -0.15) is 10.1 Å². The second kappa shape index (κ2) is 7.40. The summed E-state index contributed by atoms with van der Waals surface area (Å²) in [5.41, 5.74) is 3.65. The van der Waals surface area contributed by atoms with E-state index in [9.17, 15) is 13.9 Å². The molecule has 4 heterocycles. The van der Waals surface area contributed by atoms with Crippen molar-refractivity contribution < 1.29 is 18.6 Å². The van der Waals surface area contributed by atoms with Crippen LogP contribution in [0.4, 0.5) is 8.78 Å². The molecule has 0 aliphatic heterocycles. The number of nitrogens with zero attached hydrogens (tertiary/aromatic N) is 6. The Kier molecular flexibility index (Phi) is 4.55. The average Bonchev–Trinajstić information content (AvgIpc) is 3.34. The van der Waals surface area contributed by atoms with E-state index >= 15 is 0 Å². The summed E-state index contributed by atoms with van der Waals surface area (Å²) in [6, 6.07) is 7.03. The normalized spacial score (nSPS) is 11.5. The number of halogens is 2. The topological polar surface area (TPSA) is 90.4 Å². The Labute approximate surface area is 174 Å². The van der Waals surface area contributed by atoms with E-state index < -0.39 is 11.6 Å². The van der Waals surface area contributed by atoms with Gasteiger partial charge in [-0.1, -0.05) is 0 Å². The molecular formula is C21H16F2N6O2. The van der Waals surface area contributed by atoms with Crippen molar-refractivity contribution in [3.8, 4) is 17.0 Å². The van der Waals surface area contributed by atoms with Gasteiger partial charge in [0, 0.05) is 36.1 Å². The predicted molar refractivity (Wildman–Crippen MR) is 107 cm³/mol. The molecule has 1 N–H and O–H groups in total. The number of aliphatic hydroxyl groups excluding tert-OH is 1. The van der Waals surface area contributed by atoms with Gasteiger partial charge < -0.3 is 14.4 Å². The van der Waals surface area contributed by atoms with Crippen molar-refractivity contribution in [3.05, 3.63) is 72.1 Å². The number of methoxy groups -OCH3 is 1. The van der Waals surface area contributed by atoms with Crippen LogP contribution in [0.1, 0.15) is 11.4 Å². The molecule has 31 heavy (non-hydrogen) atoms. The summed E-state index contributed by atoms with van der Waals surface area (Å²) in [5, 5.41) is 14.0. The Morgan fingerprint density at radius 3 is 2.65 bits per heavy atom. The molecule has 0 amide bonds. The first kappa shape index (κ1) is 19.1. The molecule has 0 bridgehead atoms. The number of aromatic nitrogens is 6. The maximum atomic E-state index is 13.7. The smallest absolute Gasteiger partial charge is 0.241 e. The van der Waals surface area contributed by atoms with Crippen LogP contribution in [0.5, 0.6) is 5.88 Å². The van der Waals surface area contributed by atoms with Crippen molar-refractivity contribution in [2.24, 2.45) is 0 Å². The van der Waals surface area contributed by atoms with E-state index in [2.05, 4.69) is 20.1 Å². The van der Waals surface area contributed by atoms with E-state index in [0.717, 1.165) is 17.2 Å². The first-order valence-corrected chi connectivity index (χ1v) is 9.35. The van der Waals surface area contributed by atoms with Gasteiger partial charge in [-0.3, -0.25) is 0 Å². The highest BCUT2D eigenvalue weighted by Gasteiger charge is 2.17. The van der Waals surface area contributed by atoms with Crippen molar-refractivity contribution in [1.29, 1.82) is 0 Å². The summed E-state index contributed by atoms with van der Waals surface area (Å²) in [7, 11) is 1.53. The fourth-order valence-corrected chi connectivity index (χ4v) is 3.69. The Balaban J connectivity index is 1.67. The minimum absolute atomic E-state index is 0.120. The van der Waals surface area contributed by atoms with Gasteiger partial charge in [0.2, 0.25) is 5.88 Å². The second-order valence-electron chi connectivity index (χ2n) is 6.91. The molecule has 8 nitrogen and oxygen atoms in total. The van der Waals surface area contributed by atoms with Crippen LogP contribution in [-0.4, -0.2) is 41.3 Å². The summed E-state index contributed by atoms with van der Waals surface area (Å²) < 4.78 is 36.0. The maximum Gasteiger partial charge on any atom is 0.241 e. The van der Waals surface area contributed by atoms with E-state index in [1.165, 1.54) is 25.6 Å². The zero-order valence-electron chi connectivity index (χ0n) is 16.3. The summed E-state index contributed by atoms with van der Waals surface area (Å²) in [5.74, 6) is -0.589. The molecule has 0 fully saturated rings. The Bertz CT molecular complexity index is 1410. The molecule has 5 aromatic rings. The van der Waals surface area contributed by atoms with E-state index in [-0.39, 0.29) is 13.2 Å². The van der Waals surface area contributed by atoms with Crippen LogP contribution in [0.15, 0.2) is 49.1 Å². The predicted octanol–water partition coefficient (Wildman–Crippen LogP) is 2.97. The van der Waals surface area contributed by atoms with Crippen LogP contribution in [0.3, 0.4) is 0 Å². The van der Waals surface area contributed by atoms with E-state index in [1.54, 1.807) is 21.5 Å². The molecule has 0 spiro atoms. The highest BCUT2D eigenvalue weighted by molar-refractivity contribution is 5.87. The molecule has 0 saturated carbocycles. The number of hydrogen-bond acceptors (Lipinski definition) is 6. The summed E-state index contributed by atoms with van der Waals surface area (Å²) >= 11 is 0. The average molecular weight is 422 g/mol. The largest absolute Gasteiger partial charge is 0.479 e. The fourth-order valence-electron chi connectivity index (χ4n) is 3.69.